The zero-order valence-corrected chi connectivity index (χ0v) is 14.8. The zero-order chi connectivity index (χ0) is 19.7. The number of anilines is 1. The van der Waals surface area contributed by atoms with E-state index in [0.29, 0.717) is 18.8 Å². The predicted octanol–water partition coefficient (Wildman–Crippen LogP) is 2.80. The van der Waals surface area contributed by atoms with Gasteiger partial charge in [0, 0.05) is 24.8 Å². The Hall–Kier alpha value is -3.33. The van der Waals surface area contributed by atoms with Crippen LogP contribution in [0.5, 0.6) is 0 Å². The number of nitrogens with one attached hydrogen (secondary N) is 1. The quantitative estimate of drug-likeness (QED) is 0.529. The maximum Gasteiger partial charge on any atom is 0.233 e. The molecule has 1 aliphatic rings. The van der Waals surface area contributed by atoms with Gasteiger partial charge in [-0.2, -0.15) is 0 Å². The van der Waals surface area contributed by atoms with Crippen LogP contribution in [0.25, 0.3) is 22.8 Å². The summed E-state index contributed by atoms with van der Waals surface area (Å²) in [6, 6.07) is 7.00. The Morgan fingerprint density at radius 1 is 1.11 bits per heavy atom. The van der Waals surface area contributed by atoms with E-state index < -0.39 is 17.2 Å². The molecule has 0 saturated carbocycles. The summed E-state index contributed by atoms with van der Waals surface area (Å²) in [6.45, 7) is 2.75. The minimum atomic E-state index is -0.816. The molecule has 0 spiro atoms. The zero-order valence-electron chi connectivity index (χ0n) is 14.8. The first-order valence-corrected chi connectivity index (χ1v) is 8.63. The van der Waals surface area contributed by atoms with E-state index in [1.54, 1.807) is 18.3 Å². The van der Waals surface area contributed by atoms with Crippen LogP contribution in [0, 0.1) is 17.0 Å². The van der Waals surface area contributed by atoms with Crippen LogP contribution < -0.4 is 10.6 Å². The Morgan fingerprint density at radius 3 is 2.43 bits per heavy atom. The van der Waals surface area contributed by atoms with Gasteiger partial charge in [-0.05, 0) is 24.3 Å². The van der Waals surface area contributed by atoms with Gasteiger partial charge in [-0.25, -0.2) is 18.7 Å². The van der Waals surface area contributed by atoms with Gasteiger partial charge in [-0.15, -0.1) is 0 Å². The number of amidine groups is 1. The first-order chi connectivity index (χ1) is 13.5. The molecule has 0 unspecified atom stereocenters. The topological polar surface area (TPSA) is 101 Å². The number of oxazole rings is 1. The Balaban J connectivity index is 1.73. The van der Waals surface area contributed by atoms with Crippen molar-refractivity contribution in [1.29, 1.82) is 5.41 Å². The highest BCUT2D eigenvalue weighted by Crippen LogP contribution is 2.32. The molecule has 0 atom stereocenters. The minimum absolute atomic E-state index is 0.00132. The van der Waals surface area contributed by atoms with E-state index in [4.69, 9.17) is 20.3 Å². The first-order valence-electron chi connectivity index (χ1n) is 8.63. The van der Waals surface area contributed by atoms with Crippen LogP contribution in [-0.2, 0) is 4.74 Å². The van der Waals surface area contributed by atoms with E-state index >= 15 is 0 Å². The maximum absolute atomic E-state index is 14.1. The molecular weight excluding hydrogens is 368 g/mol. The lowest BCUT2D eigenvalue weighted by Crippen LogP contribution is -2.36. The standard InChI is InChI=1S/C19H17F2N5O2/c20-12-2-1-3-13(21)15(12)19-25-16(18(22)23)17(28-19)11-4-5-14(24-10-11)26-6-8-27-9-7-26/h1-5,10H,6-9H2,(H3,22,23). The fraction of sp³-hybridized carbons (Fsp3) is 0.211. The van der Waals surface area contributed by atoms with Gasteiger partial charge >= 0.3 is 0 Å². The maximum atomic E-state index is 14.1. The van der Waals surface area contributed by atoms with Crippen molar-refractivity contribution in [2.75, 3.05) is 31.2 Å². The van der Waals surface area contributed by atoms with E-state index in [9.17, 15) is 8.78 Å². The molecule has 28 heavy (non-hydrogen) atoms. The van der Waals surface area contributed by atoms with Crippen molar-refractivity contribution in [3.05, 3.63) is 53.9 Å². The number of morpholine rings is 1. The number of hydrogen-bond donors (Lipinski definition) is 2. The van der Waals surface area contributed by atoms with Crippen molar-refractivity contribution in [3.63, 3.8) is 0 Å². The van der Waals surface area contributed by atoms with Crippen molar-refractivity contribution in [2.24, 2.45) is 5.73 Å². The van der Waals surface area contributed by atoms with Gasteiger partial charge < -0.3 is 19.8 Å². The highest BCUT2D eigenvalue weighted by Gasteiger charge is 2.23. The van der Waals surface area contributed by atoms with Crippen LogP contribution in [-0.4, -0.2) is 42.1 Å². The van der Waals surface area contributed by atoms with Crippen LogP contribution in [0.1, 0.15) is 5.69 Å². The number of ether oxygens (including phenoxy) is 1. The lowest BCUT2D eigenvalue weighted by Gasteiger charge is -2.27. The SMILES string of the molecule is N=C(N)c1nc(-c2c(F)cccc2F)oc1-c1ccc(N2CCOCC2)nc1. The summed E-state index contributed by atoms with van der Waals surface area (Å²) in [6.07, 6.45) is 1.55. The lowest BCUT2D eigenvalue weighted by atomic mass is 10.2. The summed E-state index contributed by atoms with van der Waals surface area (Å²) < 4.78 is 39.1. The number of nitrogens with zero attached hydrogens (tertiary/aromatic N) is 3. The number of halogens is 2. The molecule has 3 N–H and O–H groups in total. The third-order valence-corrected chi connectivity index (χ3v) is 4.40. The second-order valence-corrected chi connectivity index (χ2v) is 6.21. The molecule has 0 amide bonds. The molecule has 2 aromatic heterocycles. The number of nitrogens with two attached hydrogens (primary N) is 1. The number of benzene rings is 1. The summed E-state index contributed by atoms with van der Waals surface area (Å²) in [7, 11) is 0. The molecule has 1 aromatic carbocycles. The molecular formula is C19H17F2N5O2. The molecule has 7 nitrogen and oxygen atoms in total. The predicted molar refractivity (Wildman–Crippen MR) is 99.1 cm³/mol. The van der Waals surface area contributed by atoms with Gasteiger partial charge in [0.25, 0.3) is 0 Å². The van der Waals surface area contributed by atoms with Crippen molar-refractivity contribution in [3.8, 4) is 22.8 Å². The monoisotopic (exact) mass is 385 g/mol. The normalized spacial score (nSPS) is 14.3. The van der Waals surface area contributed by atoms with Gasteiger partial charge in [0.05, 0.1) is 13.2 Å². The van der Waals surface area contributed by atoms with Gasteiger partial charge in [0.1, 0.15) is 28.9 Å². The molecule has 1 saturated heterocycles. The van der Waals surface area contributed by atoms with Crippen LogP contribution >= 0.6 is 0 Å². The Morgan fingerprint density at radius 2 is 1.82 bits per heavy atom. The van der Waals surface area contributed by atoms with Crippen molar-refractivity contribution in [2.45, 2.75) is 0 Å². The molecule has 1 aliphatic heterocycles. The average Bonchev–Trinajstić information content (AvgIpc) is 3.14. The first kappa shape index (κ1) is 18.1. The number of aromatic nitrogens is 2. The molecule has 0 bridgehead atoms. The van der Waals surface area contributed by atoms with Crippen LogP contribution in [0.4, 0.5) is 14.6 Å². The fourth-order valence-electron chi connectivity index (χ4n) is 3.01. The number of rotatable bonds is 4. The summed E-state index contributed by atoms with van der Waals surface area (Å²) in [4.78, 5) is 10.5. The van der Waals surface area contributed by atoms with Gasteiger partial charge in [0.2, 0.25) is 5.89 Å². The van der Waals surface area contributed by atoms with Crippen LogP contribution in [0.2, 0.25) is 0 Å². The van der Waals surface area contributed by atoms with Crippen molar-refractivity contribution in [1.82, 2.24) is 9.97 Å². The third kappa shape index (κ3) is 3.31. The molecule has 4 rings (SSSR count). The summed E-state index contributed by atoms with van der Waals surface area (Å²) in [5, 5.41) is 7.74. The van der Waals surface area contributed by atoms with Crippen LogP contribution in [0.15, 0.2) is 40.9 Å². The largest absolute Gasteiger partial charge is 0.435 e. The highest BCUT2D eigenvalue weighted by molar-refractivity contribution is 5.98. The highest BCUT2D eigenvalue weighted by atomic mass is 19.1. The molecule has 1 fully saturated rings. The Labute approximate surface area is 159 Å². The second-order valence-electron chi connectivity index (χ2n) is 6.21. The summed E-state index contributed by atoms with van der Waals surface area (Å²) in [5.41, 5.74) is 5.69. The van der Waals surface area contributed by atoms with E-state index in [1.807, 2.05) is 0 Å². The summed E-state index contributed by atoms with van der Waals surface area (Å²) in [5.74, 6) is -1.39. The van der Waals surface area contributed by atoms with Gasteiger partial charge in [-0.1, -0.05) is 6.07 Å². The Kier molecular flexibility index (Phi) is 4.74. The molecule has 144 valence electrons. The van der Waals surface area contributed by atoms with Crippen molar-refractivity contribution >= 4 is 11.7 Å². The van der Waals surface area contributed by atoms with Crippen molar-refractivity contribution < 1.29 is 17.9 Å². The van der Waals surface area contributed by atoms with E-state index in [-0.39, 0.29) is 23.2 Å². The van der Waals surface area contributed by atoms with E-state index in [0.717, 1.165) is 31.0 Å². The number of hydrogen-bond acceptors (Lipinski definition) is 6. The lowest BCUT2D eigenvalue weighted by molar-refractivity contribution is 0.122. The average molecular weight is 385 g/mol. The third-order valence-electron chi connectivity index (χ3n) is 4.40. The minimum Gasteiger partial charge on any atom is -0.435 e. The summed E-state index contributed by atoms with van der Waals surface area (Å²) >= 11 is 0. The molecule has 0 radical (unpaired) electrons. The Bertz CT molecular complexity index is 993. The number of nitrogen functional groups attached to an aromatic ring is 1. The van der Waals surface area contributed by atoms with E-state index in [2.05, 4.69) is 14.9 Å². The second kappa shape index (κ2) is 7.35. The molecule has 3 heterocycles. The molecule has 9 heteroatoms. The molecule has 0 aliphatic carbocycles. The smallest absolute Gasteiger partial charge is 0.233 e. The fourth-order valence-corrected chi connectivity index (χ4v) is 3.01. The molecule has 3 aromatic rings. The van der Waals surface area contributed by atoms with Gasteiger partial charge in [-0.3, -0.25) is 5.41 Å². The van der Waals surface area contributed by atoms with Gasteiger partial charge in [0.15, 0.2) is 11.5 Å². The number of pyridine rings is 1. The van der Waals surface area contributed by atoms with E-state index in [1.165, 1.54) is 6.07 Å². The van der Waals surface area contributed by atoms with Crippen LogP contribution in [0.3, 0.4) is 0 Å².